The molecule has 7 heteroatoms. The number of nitrogens with zero attached hydrogens (tertiary/aromatic N) is 3. The summed E-state index contributed by atoms with van der Waals surface area (Å²) >= 11 is 0. The van der Waals surface area contributed by atoms with Gasteiger partial charge in [0, 0.05) is 12.7 Å². The van der Waals surface area contributed by atoms with Crippen LogP contribution in [0.1, 0.15) is 35.3 Å². The Bertz CT molecular complexity index is 533. The van der Waals surface area contributed by atoms with Gasteiger partial charge in [0.15, 0.2) is 0 Å². The standard InChI is InChI=1S/C13H12F3N3O/c14-13(15,16)9-4-5-11(18-8-9)12(20)19-6-2-1-3-10(19)7-17/h4-5,8,10H,1-3,6H2. The summed E-state index contributed by atoms with van der Waals surface area (Å²) in [7, 11) is 0. The first-order chi connectivity index (χ1) is 9.43. The number of alkyl halides is 3. The van der Waals surface area contributed by atoms with Crippen molar-refractivity contribution in [2.45, 2.75) is 31.5 Å². The van der Waals surface area contributed by atoms with E-state index in [0.717, 1.165) is 25.0 Å². The predicted octanol–water partition coefficient (Wildman–Crippen LogP) is 2.62. The smallest absolute Gasteiger partial charge is 0.321 e. The van der Waals surface area contributed by atoms with Gasteiger partial charge in [-0.3, -0.25) is 9.78 Å². The monoisotopic (exact) mass is 283 g/mol. The zero-order valence-electron chi connectivity index (χ0n) is 10.5. The van der Waals surface area contributed by atoms with Gasteiger partial charge in [-0.05, 0) is 31.4 Å². The van der Waals surface area contributed by atoms with Crippen molar-refractivity contribution in [2.75, 3.05) is 6.54 Å². The number of halogens is 3. The number of hydrogen-bond acceptors (Lipinski definition) is 3. The van der Waals surface area contributed by atoms with Gasteiger partial charge >= 0.3 is 6.18 Å². The van der Waals surface area contributed by atoms with E-state index in [0.29, 0.717) is 19.2 Å². The molecule has 0 aromatic carbocycles. The highest BCUT2D eigenvalue weighted by Gasteiger charge is 2.32. The molecule has 2 rings (SSSR count). The molecule has 0 saturated carbocycles. The molecular weight excluding hydrogens is 271 g/mol. The van der Waals surface area contributed by atoms with Crippen molar-refractivity contribution in [3.05, 3.63) is 29.6 Å². The lowest BCUT2D eigenvalue weighted by Gasteiger charge is -2.31. The summed E-state index contributed by atoms with van der Waals surface area (Å²) in [6, 6.07) is 3.38. The number of likely N-dealkylation sites (tertiary alicyclic amines) is 1. The minimum Gasteiger partial charge on any atom is -0.321 e. The number of amides is 1. The molecule has 1 aliphatic heterocycles. The molecule has 1 atom stereocenters. The summed E-state index contributed by atoms with van der Waals surface area (Å²) in [6.45, 7) is 0.430. The van der Waals surface area contributed by atoms with Crippen LogP contribution in [0.15, 0.2) is 18.3 Å². The minimum absolute atomic E-state index is 0.0693. The van der Waals surface area contributed by atoms with Gasteiger partial charge in [0.25, 0.3) is 5.91 Å². The van der Waals surface area contributed by atoms with Crippen molar-refractivity contribution in [3.8, 4) is 6.07 Å². The summed E-state index contributed by atoms with van der Waals surface area (Å²) in [5.41, 5.74) is -0.968. The molecule has 106 valence electrons. The summed E-state index contributed by atoms with van der Waals surface area (Å²) in [4.78, 5) is 17.1. The number of rotatable bonds is 1. The molecular formula is C13H12F3N3O. The van der Waals surface area contributed by atoms with Crippen LogP contribution in [-0.2, 0) is 6.18 Å². The lowest BCUT2D eigenvalue weighted by molar-refractivity contribution is -0.137. The summed E-state index contributed by atoms with van der Waals surface area (Å²) in [5, 5.41) is 8.99. The zero-order valence-corrected chi connectivity index (χ0v) is 10.5. The van der Waals surface area contributed by atoms with E-state index >= 15 is 0 Å². The predicted molar refractivity (Wildman–Crippen MR) is 63.5 cm³/mol. The van der Waals surface area contributed by atoms with Crippen LogP contribution in [0, 0.1) is 11.3 Å². The number of carbonyl (C=O) groups excluding carboxylic acids is 1. The normalized spacial score (nSPS) is 19.5. The van der Waals surface area contributed by atoms with E-state index in [2.05, 4.69) is 4.98 Å². The van der Waals surface area contributed by atoms with Crippen LogP contribution >= 0.6 is 0 Å². The lowest BCUT2D eigenvalue weighted by Crippen LogP contribution is -2.43. The second-order valence-corrected chi connectivity index (χ2v) is 4.57. The zero-order chi connectivity index (χ0) is 14.8. The van der Waals surface area contributed by atoms with Crippen molar-refractivity contribution in [3.63, 3.8) is 0 Å². The number of piperidine rings is 1. The molecule has 0 bridgehead atoms. The van der Waals surface area contributed by atoms with E-state index in [1.54, 1.807) is 0 Å². The van der Waals surface area contributed by atoms with E-state index < -0.39 is 23.7 Å². The second-order valence-electron chi connectivity index (χ2n) is 4.57. The molecule has 1 fully saturated rings. The SMILES string of the molecule is N#CC1CCCCN1C(=O)c1ccc(C(F)(F)F)cn1. The van der Waals surface area contributed by atoms with Gasteiger partial charge in [-0.2, -0.15) is 18.4 Å². The number of nitriles is 1. The Morgan fingerprint density at radius 3 is 2.70 bits per heavy atom. The molecule has 0 spiro atoms. The molecule has 20 heavy (non-hydrogen) atoms. The maximum atomic E-state index is 12.4. The number of carbonyl (C=O) groups is 1. The molecule has 0 aliphatic carbocycles. The van der Waals surface area contributed by atoms with Gasteiger partial charge in [-0.15, -0.1) is 0 Å². The maximum Gasteiger partial charge on any atom is 0.417 e. The van der Waals surface area contributed by atoms with Gasteiger partial charge < -0.3 is 4.90 Å². The Balaban J connectivity index is 2.19. The molecule has 1 aromatic rings. The third-order valence-electron chi connectivity index (χ3n) is 3.22. The van der Waals surface area contributed by atoms with E-state index in [9.17, 15) is 18.0 Å². The Labute approximate surface area is 113 Å². The largest absolute Gasteiger partial charge is 0.417 e. The first-order valence-electron chi connectivity index (χ1n) is 6.17. The van der Waals surface area contributed by atoms with Gasteiger partial charge in [-0.1, -0.05) is 0 Å². The molecule has 1 aliphatic rings. The molecule has 4 nitrogen and oxygen atoms in total. The minimum atomic E-state index is -4.48. The number of pyridine rings is 1. The first kappa shape index (κ1) is 14.3. The second kappa shape index (κ2) is 5.49. The van der Waals surface area contributed by atoms with Crippen molar-refractivity contribution < 1.29 is 18.0 Å². The van der Waals surface area contributed by atoms with E-state index in [1.165, 1.54) is 4.90 Å². The van der Waals surface area contributed by atoms with Gasteiger partial charge in [0.1, 0.15) is 11.7 Å². The molecule has 1 saturated heterocycles. The van der Waals surface area contributed by atoms with Crippen molar-refractivity contribution in [2.24, 2.45) is 0 Å². The van der Waals surface area contributed by atoms with Gasteiger partial charge in [0.05, 0.1) is 11.6 Å². The highest BCUT2D eigenvalue weighted by Crippen LogP contribution is 2.28. The lowest BCUT2D eigenvalue weighted by atomic mass is 10.0. The summed E-state index contributed by atoms with van der Waals surface area (Å²) < 4.78 is 37.2. The van der Waals surface area contributed by atoms with E-state index in [-0.39, 0.29) is 5.69 Å². The van der Waals surface area contributed by atoms with Crippen LogP contribution < -0.4 is 0 Å². The Kier molecular flexibility index (Phi) is 3.93. The van der Waals surface area contributed by atoms with E-state index in [1.807, 2.05) is 6.07 Å². The highest BCUT2D eigenvalue weighted by molar-refractivity contribution is 5.92. The average molecular weight is 283 g/mol. The van der Waals surface area contributed by atoms with Crippen molar-refractivity contribution in [1.29, 1.82) is 5.26 Å². The Morgan fingerprint density at radius 2 is 2.15 bits per heavy atom. The van der Waals surface area contributed by atoms with Crippen LogP contribution in [-0.4, -0.2) is 28.4 Å². The van der Waals surface area contributed by atoms with Gasteiger partial charge in [-0.25, -0.2) is 0 Å². The topological polar surface area (TPSA) is 57.0 Å². The molecule has 1 aromatic heterocycles. The number of aromatic nitrogens is 1. The molecule has 0 radical (unpaired) electrons. The molecule has 2 heterocycles. The van der Waals surface area contributed by atoms with Crippen LogP contribution in [0.4, 0.5) is 13.2 Å². The van der Waals surface area contributed by atoms with Crippen LogP contribution in [0.25, 0.3) is 0 Å². The maximum absolute atomic E-state index is 12.4. The highest BCUT2D eigenvalue weighted by atomic mass is 19.4. The van der Waals surface area contributed by atoms with Crippen LogP contribution in [0.2, 0.25) is 0 Å². The fraction of sp³-hybridized carbons (Fsp3) is 0.462. The summed E-state index contributed by atoms with van der Waals surface area (Å²) in [6.07, 6.45) is -1.61. The third kappa shape index (κ3) is 2.90. The Morgan fingerprint density at radius 1 is 1.40 bits per heavy atom. The van der Waals surface area contributed by atoms with Gasteiger partial charge in [0.2, 0.25) is 0 Å². The molecule has 1 unspecified atom stereocenters. The molecule has 1 amide bonds. The molecule has 0 N–H and O–H groups in total. The first-order valence-corrected chi connectivity index (χ1v) is 6.17. The number of hydrogen-bond donors (Lipinski definition) is 0. The fourth-order valence-corrected chi connectivity index (χ4v) is 2.14. The van der Waals surface area contributed by atoms with Crippen molar-refractivity contribution >= 4 is 5.91 Å². The fourth-order valence-electron chi connectivity index (χ4n) is 2.14. The van der Waals surface area contributed by atoms with E-state index in [4.69, 9.17) is 5.26 Å². The average Bonchev–Trinajstić information content (AvgIpc) is 2.45. The summed E-state index contributed by atoms with van der Waals surface area (Å²) in [5.74, 6) is -0.495. The van der Waals surface area contributed by atoms with Crippen LogP contribution in [0.3, 0.4) is 0 Å². The Hall–Kier alpha value is -2.10. The quantitative estimate of drug-likeness (QED) is 0.796. The van der Waals surface area contributed by atoms with Crippen molar-refractivity contribution in [1.82, 2.24) is 9.88 Å². The van der Waals surface area contributed by atoms with Crippen LogP contribution in [0.5, 0.6) is 0 Å². The third-order valence-corrected chi connectivity index (χ3v) is 3.22.